The normalized spacial score (nSPS) is 19.2. The Balaban J connectivity index is 1.47. The second kappa shape index (κ2) is 7.44. The van der Waals surface area contributed by atoms with E-state index in [9.17, 15) is 9.59 Å². The molecule has 2 amide bonds. The minimum atomic E-state index is -0.438. The summed E-state index contributed by atoms with van der Waals surface area (Å²) in [7, 11) is 2.08. The summed E-state index contributed by atoms with van der Waals surface area (Å²) in [6, 6.07) is 8.89. The Bertz CT molecular complexity index is 890. The number of amides is 2. The third-order valence-corrected chi connectivity index (χ3v) is 7.03. The van der Waals surface area contributed by atoms with E-state index >= 15 is 0 Å². The lowest BCUT2D eigenvalue weighted by Crippen LogP contribution is -3.10. The number of primary amides is 1. The van der Waals surface area contributed by atoms with Crippen molar-refractivity contribution in [2.45, 2.75) is 44.6 Å². The molecule has 0 saturated heterocycles. The zero-order valence-corrected chi connectivity index (χ0v) is 16.5. The number of fused-ring (bicyclic) bond motifs is 2. The second-order valence-corrected chi connectivity index (χ2v) is 8.75. The van der Waals surface area contributed by atoms with Gasteiger partial charge in [-0.05, 0) is 43.2 Å². The molecule has 2 atom stereocenters. The van der Waals surface area contributed by atoms with E-state index in [1.807, 2.05) is 0 Å². The van der Waals surface area contributed by atoms with E-state index in [2.05, 4.69) is 36.6 Å². The SMILES string of the molecule is C[NH+](CC(=O)Nc1sc2c(c1C(N)=O)CCC2)[C@@H]1CCCc2ccccc21. The van der Waals surface area contributed by atoms with Gasteiger partial charge in [0, 0.05) is 16.9 Å². The molecule has 0 saturated carbocycles. The molecule has 1 unspecified atom stereocenters. The largest absolute Gasteiger partial charge is 0.365 e. The molecule has 5 nitrogen and oxygen atoms in total. The third-order valence-electron chi connectivity index (χ3n) is 5.82. The Morgan fingerprint density at radius 2 is 2.04 bits per heavy atom. The summed E-state index contributed by atoms with van der Waals surface area (Å²) in [6.45, 7) is 0.375. The quantitative estimate of drug-likeness (QED) is 0.736. The number of benzene rings is 1. The van der Waals surface area contributed by atoms with Gasteiger partial charge >= 0.3 is 0 Å². The van der Waals surface area contributed by atoms with Crippen molar-refractivity contribution in [1.82, 2.24) is 0 Å². The van der Waals surface area contributed by atoms with Crippen LogP contribution in [0.5, 0.6) is 0 Å². The van der Waals surface area contributed by atoms with Crippen molar-refractivity contribution in [2.24, 2.45) is 5.73 Å². The summed E-state index contributed by atoms with van der Waals surface area (Å²) in [6.07, 6.45) is 6.28. The van der Waals surface area contributed by atoms with Crippen LogP contribution in [0.25, 0.3) is 0 Å². The van der Waals surface area contributed by atoms with Gasteiger partial charge in [0.05, 0.1) is 12.6 Å². The van der Waals surface area contributed by atoms with Gasteiger partial charge in [-0.3, -0.25) is 9.59 Å². The maximum Gasteiger partial charge on any atom is 0.280 e. The number of hydrogen-bond acceptors (Lipinski definition) is 3. The Hall–Kier alpha value is -2.18. The highest BCUT2D eigenvalue weighted by atomic mass is 32.1. The second-order valence-electron chi connectivity index (χ2n) is 7.64. The molecule has 0 aliphatic heterocycles. The summed E-state index contributed by atoms with van der Waals surface area (Å²) < 4.78 is 0. The topological polar surface area (TPSA) is 76.6 Å². The van der Waals surface area contributed by atoms with Gasteiger partial charge < -0.3 is 16.0 Å². The molecule has 27 heavy (non-hydrogen) atoms. The number of thiophene rings is 1. The van der Waals surface area contributed by atoms with Crippen LogP contribution < -0.4 is 16.0 Å². The van der Waals surface area contributed by atoms with Crippen molar-refractivity contribution in [1.29, 1.82) is 0 Å². The first-order chi connectivity index (χ1) is 13.0. The first-order valence-electron chi connectivity index (χ1n) is 9.69. The van der Waals surface area contributed by atoms with Gasteiger partial charge in [0.2, 0.25) is 0 Å². The fourth-order valence-corrected chi connectivity index (χ4v) is 5.88. The average Bonchev–Trinajstić information content (AvgIpc) is 3.21. The molecule has 0 bridgehead atoms. The number of anilines is 1. The molecule has 1 aromatic carbocycles. The van der Waals surface area contributed by atoms with Gasteiger partial charge in [-0.25, -0.2) is 0 Å². The van der Waals surface area contributed by atoms with Crippen LogP contribution >= 0.6 is 11.3 Å². The Morgan fingerprint density at radius 3 is 2.85 bits per heavy atom. The minimum Gasteiger partial charge on any atom is -0.365 e. The lowest BCUT2D eigenvalue weighted by Gasteiger charge is -2.30. The van der Waals surface area contributed by atoms with E-state index < -0.39 is 5.91 Å². The molecule has 142 valence electrons. The molecule has 1 heterocycles. The number of carbonyl (C=O) groups excluding carboxylic acids is 2. The van der Waals surface area contributed by atoms with Gasteiger partial charge in [-0.1, -0.05) is 24.3 Å². The molecule has 0 fully saturated rings. The number of quaternary nitrogens is 1. The van der Waals surface area contributed by atoms with E-state index in [4.69, 9.17) is 5.73 Å². The molecular formula is C21H26N3O2S+. The molecule has 2 aliphatic rings. The molecule has 4 N–H and O–H groups in total. The summed E-state index contributed by atoms with van der Waals surface area (Å²) in [5, 5.41) is 3.61. The predicted octanol–water partition coefficient (Wildman–Crippen LogP) is 1.87. The fourth-order valence-electron chi connectivity index (χ4n) is 4.57. The Labute approximate surface area is 163 Å². The zero-order valence-electron chi connectivity index (χ0n) is 15.6. The van der Waals surface area contributed by atoms with Crippen molar-refractivity contribution < 1.29 is 14.5 Å². The first kappa shape index (κ1) is 18.2. The smallest absolute Gasteiger partial charge is 0.280 e. The summed E-state index contributed by atoms with van der Waals surface area (Å²) in [4.78, 5) is 27.0. The van der Waals surface area contributed by atoms with E-state index in [1.165, 1.54) is 32.2 Å². The Kier molecular flexibility index (Phi) is 5.02. The van der Waals surface area contributed by atoms with E-state index in [0.29, 0.717) is 23.2 Å². The van der Waals surface area contributed by atoms with Crippen molar-refractivity contribution in [2.75, 3.05) is 18.9 Å². The number of nitrogens with two attached hydrogens (primary N) is 1. The molecule has 1 aromatic heterocycles. The van der Waals surface area contributed by atoms with Crippen molar-refractivity contribution >= 4 is 28.2 Å². The molecule has 0 radical (unpaired) electrons. The van der Waals surface area contributed by atoms with Crippen molar-refractivity contribution in [3.63, 3.8) is 0 Å². The Morgan fingerprint density at radius 1 is 1.22 bits per heavy atom. The van der Waals surface area contributed by atoms with Crippen molar-refractivity contribution in [3.05, 3.63) is 51.4 Å². The average molecular weight is 385 g/mol. The number of aryl methyl sites for hydroxylation is 2. The van der Waals surface area contributed by atoms with Crippen LogP contribution in [0.15, 0.2) is 24.3 Å². The van der Waals surface area contributed by atoms with Crippen LogP contribution in [-0.4, -0.2) is 25.4 Å². The van der Waals surface area contributed by atoms with E-state index in [0.717, 1.165) is 44.1 Å². The highest BCUT2D eigenvalue weighted by molar-refractivity contribution is 7.17. The predicted molar refractivity (Wildman–Crippen MR) is 107 cm³/mol. The lowest BCUT2D eigenvalue weighted by molar-refractivity contribution is -0.905. The van der Waals surface area contributed by atoms with Crippen LogP contribution in [-0.2, 0) is 24.1 Å². The highest BCUT2D eigenvalue weighted by Crippen LogP contribution is 2.38. The zero-order chi connectivity index (χ0) is 19.0. The summed E-state index contributed by atoms with van der Waals surface area (Å²) >= 11 is 1.51. The number of nitrogens with one attached hydrogen (secondary N) is 2. The van der Waals surface area contributed by atoms with Gasteiger partial charge in [-0.2, -0.15) is 0 Å². The molecule has 2 aliphatic carbocycles. The molecule has 6 heteroatoms. The van der Waals surface area contributed by atoms with E-state index in [1.54, 1.807) is 0 Å². The van der Waals surface area contributed by atoms with E-state index in [-0.39, 0.29) is 5.91 Å². The standard InChI is InChI=1S/C21H25N3O2S/c1-24(16-10-4-7-13-6-2-3-8-14(13)16)12-18(25)23-21-19(20(22)26)15-9-5-11-17(15)27-21/h2-3,6,8,16H,4-5,7,9-12H2,1H3,(H2,22,26)(H,23,25)/p+1/t16-/m1/s1. The molecule has 4 rings (SSSR count). The number of hydrogen-bond donors (Lipinski definition) is 3. The maximum atomic E-state index is 12.7. The summed E-state index contributed by atoms with van der Waals surface area (Å²) in [5.41, 5.74) is 9.93. The van der Waals surface area contributed by atoms with Crippen LogP contribution in [0.4, 0.5) is 5.00 Å². The number of carbonyl (C=O) groups is 2. The summed E-state index contributed by atoms with van der Waals surface area (Å²) in [5.74, 6) is -0.496. The van der Waals surface area contributed by atoms with Gasteiger partial charge in [0.15, 0.2) is 6.54 Å². The van der Waals surface area contributed by atoms with Gasteiger partial charge in [-0.15, -0.1) is 11.3 Å². The molecule has 0 spiro atoms. The monoisotopic (exact) mass is 384 g/mol. The molecule has 2 aromatic rings. The lowest BCUT2D eigenvalue weighted by atomic mass is 9.87. The van der Waals surface area contributed by atoms with Crippen LogP contribution in [0.2, 0.25) is 0 Å². The highest BCUT2D eigenvalue weighted by Gasteiger charge is 2.30. The fraction of sp³-hybridized carbons (Fsp3) is 0.429. The van der Waals surface area contributed by atoms with Gasteiger partial charge in [0.1, 0.15) is 11.0 Å². The minimum absolute atomic E-state index is 0.0574. The number of likely N-dealkylation sites (N-methyl/N-ethyl adjacent to an activating group) is 1. The maximum absolute atomic E-state index is 12.7. The number of rotatable bonds is 5. The van der Waals surface area contributed by atoms with Gasteiger partial charge in [0.25, 0.3) is 11.8 Å². The molecular weight excluding hydrogens is 358 g/mol. The van der Waals surface area contributed by atoms with Crippen LogP contribution in [0.3, 0.4) is 0 Å². The third kappa shape index (κ3) is 3.51. The van der Waals surface area contributed by atoms with Crippen molar-refractivity contribution in [3.8, 4) is 0 Å². The van der Waals surface area contributed by atoms with Crippen LogP contribution in [0.1, 0.15) is 57.2 Å². The first-order valence-corrected chi connectivity index (χ1v) is 10.5. The van der Waals surface area contributed by atoms with Crippen LogP contribution in [0, 0.1) is 0 Å².